The highest BCUT2D eigenvalue weighted by Crippen LogP contribution is 2.65. The Kier molecular flexibility index (Phi) is 7.88. The van der Waals surface area contributed by atoms with Crippen LogP contribution >= 0.6 is 57.4 Å². The molecule has 3 aromatic carbocycles. The van der Waals surface area contributed by atoms with Crippen molar-refractivity contribution in [2.45, 2.75) is 16.4 Å². The van der Waals surface area contributed by atoms with Crippen LogP contribution in [0.15, 0.2) is 48.5 Å². The Morgan fingerprint density at radius 2 is 1.58 bits per heavy atom. The molecule has 1 saturated carbocycles. The molecule has 0 radical (unpaired) electrons. The Hall–Kier alpha value is -2.22. The number of benzene rings is 3. The lowest BCUT2D eigenvalue weighted by atomic mass is 10.0. The van der Waals surface area contributed by atoms with Gasteiger partial charge < -0.3 is 10.6 Å². The number of carbonyl (C=O) groups excluding carboxylic acids is 2. The first-order chi connectivity index (χ1) is 17.6. The fraction of sp³-hybridized carbons (Fsp3) is 0.167. The van der Waals surface area contributed by atoms with Gasteiger partial charge in [-0.3, -0.25) is 9.59 Å². The van der Waals surface area contributed by atoms with E-state index in [-0.39, 0.29) is 31.1 Å². The molecule has 200 valence electrons. The number of halogens is 10. The van der Waals surface area contributed by atoms with Gasteiger partial charge in [0, 0.05) is 11.6 Å². The highest BCUT2D eigenvalue weighted by Gasteiger charge is 2.67. The Morgan fingerprint density at radius 3 is 2.24 bits per heavy atom. The third kappa shape index (κ3) is 5.56. The Bertz CT molecular complexity index is 1470. The largest absolute Gasteiger partial charge is 0.419 e. The van der Waals surface area contributed by atoms with Crippen molar-refractivity contribution in [2.24, 2.45) is 5.92 Å². The summed E-state index contributed by atoms with van der Waals surface area (Å²) in [4.78, 5) is 25.6. The lowest BCUT2D eigenvalue weighted by Gasteiger charge is -2.12. The van der Waals surface area contributed by atoms with Crippen molar-refractivity contribution in [3.8, 4) is 0 Å². The molecule has 2 N–H and O–H groups in total. The predicted molar refractivity (Wildman–Crippen MR) is 139 cm³/mol. The summed E-state index contributed by atoms with van der Waals surface area (Å²) in [6.45, 7) is 0. The van der Waals surface area contributed by atoms with Gasteiger partial charge in [0.15, 0.2) is 5.82 Å². The molecule has 0 spiro atoms. The molecule has 0 bridgehead atoms. The molecule has 3 aromatic rings. The van der Waals surface area contributed by atoms with Gasteiger partial charge in [-0.15, -0.1) is 23.2 Å². The van der Waals surface area contributed by atoms with Gasteiger partial charge in [0.2, 0.25) is 5.91 Å². The minimum absolute atomic E-state index is 0.0450. The van der Waals surface area contributed by atoms with Crippen molar-refractivity contribution in [3.05, 3.63) is 91.3 Å². The molecule has 1 fully saturated rings. The van der Waals surface area contributed by atoms with Gasteiger partial charge in [-0.25, -0.2) is 13.2 Å². The maximum atomic E-state index is 14.3. The van der Waals surface area contributed by atoms with Gasteiger partial charge in [0.1, 0.15) is 16.0 Å². The number of carbonyl (C=O) groups is 2. The summed E-state index contributed by atoms with van der Waals surface area (Å²) in [6, 6.07) is 7.99. The molecule has 0 unspecified atom stereocenters. The minimum Gasteiger partial charge on any atom is -0.326 e. The van der Waals surface area contributed by atoms with E-state index in [2.05, 4.69) is 10.6 Å². The van der Waals surface area contributed by atoms with Gasteiger partial charge in [-0.05, 0) is 70.6 Å². The molecule has 0 aliphatic heterocycles. The minimum atomic E-state index is -4.97. The second-order valence-electron chi connectivity index (χ2n) is 8.23. The van der Waals surface area contributed by atoms with Gasteiger partial charge in [0.25, 0.3) is 5.91 Å². The van der Waals surface area contributed by atoms with E-state index in [1.807, 2.05) is 0 Å². The third-order valence-corrected chi connectivity index (χ3v) is 8.01. The second-order valence-corrected chi connectivity index (χ2v) is 11.2. The summed E-state index contributed by atoms with van der Waals surface area (Å²) in [5.74, 6) is -7.23. The summed E-state index contributed by atoms with van der Waals surface area (Å²) in [5.41, 5.74) is -2.05. The summed E-state index contributed by atoms with van der Waals surface area (Å²) in [6.07, 6.45) is -4.97. The zero-order chi connectivity index (χ0) is 28.2. The van der Waals surface area contributed by atoms with Gasteiger partial charge >= 0.3 is 6.18 Å². The van der Waals surface area contributed by atoms with Crippen LogP contribution in [0.2, 0.25) is 5.02 Å². The molecule has 4 nitrogen and oxygen atoms in total. The number of hydrogen-bond donors (Lipinski definition) is 2. The van der Waals surface area contributed by atoms with Crippen molar-refractivity contribution in [1.82, 2.24) is 0 Å². The number of amides is 2. The van der Waals surface area contributed by atoms with Crippen LogP contribution in [0.5, 0.6) is 0 Å². The van der Waals surface area contributed by atoms with Gasteiger partial charge in [0.05, 0.1) is 31.3 Å². The average molecular weight is 708 g/mol. The molecule has 0 saturated heterocycles. The van der Waals surface area contributed by atoms with Crippen molar-refractivity contribution in [2.75, 3.05) is 10.6 Å². The molecule has 2 atom stereocenters. The van der Waals surface area contributed by atoms with E-state index in [1.165, 1.54) is 40.8 Å². The van der Waals surface area contributed by atoms with E-state index < -0.39 is 57.2 Å². The second kappa shape index (κ2) is 10.4. The van der Waals surface area contributed by atoms with Crippen LogP contribution in [0.3, 0.4) is 0 Å². The molecular weight excluding hydrogens is 696 g/mol. The molecule has 0 heterocycles. The van der Waals surface area contributed by atoms with E-state index in [9.17, 15) is 35.9 Å². The summed E-state index contributed by atoms with van der Waals surface area (Å²) >= 11 is 19.9. The number of anilines is 2. The van der Waals surface area contributed by atoms with E-state index in [4.69, 9.17) is 34.8 Å². The Labute approximate surface area is 239 Å². The first-order valence-corrected chi connectivity index (χ1v) is 12.6. The maximum absolute atomic E-state index is 14.3. The van der Waals surface area contributed by atoms with Crippen LogP contribution in [0.25, 0.3) is 0 Å². The highest BCUT2D eigenvalue weighted by molar-refractivity contribution is 14.1. The van der Waals surface area contributed by atoms with Crippen molar-refractivity contribution in [3.63, 3.8) is 0 Å². The molecule has 14 heteroatoms. The Balaban J connectivity index is 1.53. The number of hydrogen-bond acceptors (Lipinski definition) is 2. The topological polar surface area (TPSA) is 58.2 Å². The zero-order valence-corrected chi connectivity index (χ0v) is 22.8. The van der Waals surface area contributed by atoms with Crippen LogP contribution in [0, 0.1) is 26.9 Å². The lowest BCUT2D eigenvalue weighted by Crippen LogP contribution is -2.18. The average Bonchev–Trinajstić information content (AvgIpc) is 3.42. The normalized spacial score (nSPS) is 18.2. The summed E-state index contributed by atoms with van der Waals surface area (Å²) < 4.78 is 78.7. The van der Waals surface area contributed by atoms with E-state index >= 15 is 0 Å². The molecule has 38 heavy (non-hydrogen) atoms. The van der Waals surface area contributed by atoms with Gasteiger partial charge in [-0.1, -0.05) is 17.7 Å². The van der Waals surface area contributed by atoms with Crippen LogP contribution in [-0.2, 0) is 11.0 Å². The highest BCUT2D eigenvalue weighted by atomic mass is 127. The number of alkyl halides is 5. The van der Waals surface area contributed by atoms with E-state index in [0.29, 0.717) is 12.1 Å². The SMILES string of the molecule is O=C(Nc1ccc(F)c(I)c1F)c1cc(NC(=O)[C@H]2[C@H](c3ccc(F)c(C(F)(F)F)c3)C2(Cl)Cl)ccc1Cl. The molecular formula is C24H12Cl3F6IN2O2. The van der Waals surface area contributed by atoms with Gasteiger partial charge in [-0.2, -0.15) is 13.2 Å². The fourth-order valence-corrected chi connectivity index (χ4v) is 5.33. The quantitative estimate of drug-likeness (QED) is 0.122. The molecule has 0 aromatic heterocycles. The maximum Gasteiger partial charge on any atom is 0.419 e. The summed E-state index contributed by atoms with van der Waals surface area (Å²) in [5, 5.41) is 4.67. The first-order valence-electron chi connectivity index (χ1n) is 10.4. The van der Waals surface area contributed by atoms with Crippen molar-refractivity contribution >= 4 is 80.6 Å². The Morgan fingerprint density at radius 1 is 0.921 bits per heavy atom. The zero-order valence-electron chi connectivity index (χ0n) is 18.4. The predicted octanol–water partition coefficient (Wildman–Crippen LogP) is 8.16. The summed E-state index contributed by atoms with van der Waals surface area (Å²) in [7, 11) is 0. The van der Waals surface area contributed by atoms with Crippen LogP contribution in [0.4, 0.5) is 37.7 Å². The molecule has 4 rings (SSSR count). The first kappa shape index (κ1) is 28.8. The molecule has 1 aliphatic carbocycles. The molecule has 2 amide bonds. The van der Waals surface area contributed by atoms with Crippen molar-refractivity contribution < 1.29 is 35.9 Å². The monoisotopic (exact) mass is 706 g/mol. The molecule has 1 aliphatic rings. The van der Waals surface area contributed by atoms with E-state index in [1.54, 1.807) is 0 Å². The van der Waals surface area contributed by atoms with Crippen LogP contribution < -0.4 is 10.6 Å². The third-order valence-electron chi connectivity index (χ3n) is 5.75. The number of nitrogens with one attached hydrogen (secondary N) is 2. The van der Waals surface area contributed by atoms with Crippen molar-refractivity contribution in [1.29, 1.82) is 0 Å². The van der Waals surface area contributed by atoms with Crippen LogP contribution in [-0.4, -0.2) is 16.1 Å². The fourth-order valence-electron chi connectivity index (χ4n) is 3.83. The van der Waals surface area contributed by atoms with Crippen LogP contribution in [0.1, 0.15) is 27.4 Å². The lowest BCUT2D eigenvalue weighted by molar-refractivity contribution is -0.140. The van der Waals surface area contributed by atoms with E-state index in [0.717, 1.165) is 18.2 Å². The smallest absolute Gasteiger partial charge is 0.326 e. The number of rotatable bonds is 5. The standard InChI is InChI=1S/C24H12Cl3F6IN2O2/c25-13-3-2-10(8-11(13)21(37)36-16-6-5-15(29)20(34)19(16)30)35-22(38)18-17(23(18,26)27)9-1-4-14(28)12(7-9)24(31,32)33/h1-8,17-18H,(H,35,38)(H,36,37)/t17-,18+/m0/s1.